The summed E-state index contributed by atoms with van der Waals surface area (Å²) >= 11 is 0. The Labute approximate surface area is 133 Å². The largest absolute Gasteiger partial charge is 0.491 e. The van der Waals surface area contributed by atoms with Crippen LogP contribution >= 0.6 is 0 Å². The summed E-state index contributed by atoms with van der Waals surface area (Å²) in [4.78, 5) is 12.0. The van der Waals surface area contributed by atoms with E-state index < -0.39 is 0 Å². The lowest BCUT2D eigenvalue weighted by molar-refractivity contribution is -0.122. The number of carbonyl (C=O) groups excluding carboxylic acids is 1. The minimum absolute atomic E-state index is 0.0279. The van der Waals surface area contributed by atoms with Gasteiger partial charge in [-0.3, -0.25) is 4.79 Å². The fourth-order valence-electron chi connectivity index (χ4n) is 2.83. The molecule has 1 atom stereocenters. The summed E-state index contributed by atoms with van der Waals surface area (Å²) in [5.74, 6) is 1.73. The first kappa shape index (κ1) is 16.8. The number of piperidine rings is 1. The molecule has 0 aromatic heterocycles. The summed E-state index contributed by atoms with van der Waals surface area (Å²) in [6, 6.07) is 7.97. The average molecular weight is 304 g/mol. The number of aryl methyl sites for hydroxylation is 1. The maximum absolute atomic E-state index is 12.0. The van der Waals surface area contributed by atoms with Crippen molar-refractivity contribution in [2.75, 3.05) is 19.7 Å². The SMILES string of the molecule is Cc1ccccc1OC[C@@H](C)NC(=O)CCC1CCNCC1. The molecule has 22 heavy (non-hydrogen) atoms. The second kappa shape index (κ2) is 8.79. The molecule has 1 aliphatic heterocycles. The quantitative estimate of drug-likeness (QED) is 0.814. The summed E-state index contributed by atoms with van der Waals surface area (Å²) < 4.78 is 5.77. The van der Waals surface area contributed by atoms with Crippen LogP contribution in [0.2, 0.25) is 0 Å². The lowest BCUT2D eigenvalue weighted by Crippen LogP contribution is -2.37. The highest BCUT2D eigenvalue weighted by molar-refractivity contribution is 5.76. The summed E-state index contributed by atoms with van der Waals surface area (Å²) in [6.45, 7) is 6.70. The Bertz CT molecular complexity index is 470. The molecule has 1 amide bonds. The van der Waals surface area contributed by atoms with Gasteiger partial charge in [0.05, 0.1) is 6.04 Å². The molecule has 4 heteroatoms. The van der Waals surface area contributed by atoms with E-state index in [0.717, 1.165) is 30.8 Å². The number of ether oxygens (including phenoxy) is 1. The molecule has 0 spiro atoms. The minimum atomic E-state index is 0.0279. The van der Waals surface area contributed by atoms with E-state index in [-0.39, 0.29) is 11.9 Å². The highest BCUT2D eigenvalue weighted by Crippen LogP contribution is 2.18. The highest BCUT2D eigenvalue weighted by atomic mass is 16.5. The van der Waals surface area contributed by atoms with Crippen LogP contribution in [-0.4, -0.2) is 31.6 Å². The zero-order chi connectivity index (χ0) is 15.8. The molecule has 4 nitrogen and oxygen atoms in total. The van der Waals surface area contributed by atoms with Gasteiger partial charge in [-0.25, -0.2) is 0 Å². The van der Waals surface area contributed by atoms with E-state index in [4.69, 9.17) is 4.74 Å². The second-order valence-corrected chi connectivity index (χ2v) is 6.28. The molecule has 0 unspecified atom stereocenters. The number of para-hydroxylation sites is 1. The van der Waals surface area contributed by atoms with Crippen molar-refractivity contribution in [3.63, 3.8) is 0 Å². The molecule has 2 N–H and O–H groups in total. The molecule has 0 saturated carbocycles. The van der Waals surface area contributed by atoms with Gasteiger partial charge in [-0.2, -0.15) is 0 Å². The predicted octanol–water partition coefficient (Wildman–Crippen LogP) is 2.66. The molecule has 0 radical (unpaired) electrons. The van der Waals surface area contributed by atoms with Crippen molar-refractivity contribution >= 4 is 5.91 Å². The molecular weight excluding hydrogens is 276 g/mol. The number of amides is 1. The van der Waals surface area contributed by atoms with Gasteiger partial charge in [0.15, 0.2) is 0 Å². The summed E-state index contributed by atoms with van der Waals surface area (Å²) in [5.41, 5.74) is 1.12. The minimum Gasteiger partial charge on any atom is -0.491 e. The van der Waals surface area contributed by atoms with E-state index in [9.17, 15) is 4.79 Å². The van der Waals surface area contributed by atoms with Gasteiger partial charge in [0.1, 0.15) is 12.4 Å². The van der Waals surface area contributed by atoms with E-state index >= 15 is 0 Å². The fraction of sp³-hybridized carbons (Fsp3) is 0.611. The van der Waals surface area contributed by atoms with Gasteiger partial charge in [-0.1, -0.05) is 18.2 Å². The maximum atomic E-state index is 12.0. The van der Waals surface area contributed by atoms with Gasteiger partial charge in [-0.15, -0.1) is 0 Å². The highest BCUT2D eigenvalue weighted by Gasteiger charge is 2.15. The first-order chi connectivity index (χ1) is 10.6. The van der Waals surface area contributed by atoms with Gasteiger partial charge >= 0.3 is 0 Å². The lowest BCUT2D eigenvalue weighted by atomic mass is 9.93. The van der Waals surface area contributed by atoms with E-state index in [0.29, 0.717) is 18.9 Å². The predicted molar refractivity (Wildman–Crippen MR) is 89.1 cm³/mol. The Morgan fingerprint density at radius 3 is 2.82 bits per heavy atom. The first-order valence-electron chi connectivity index (χ1n) is 8.33. The molecule has 1 aromatic carbocycles. The Hall–Kier alpha value is -1.55. The Morgan fingerprint density at radius 1 is 1.36 bits per heavy atom. The number of hydrogen-bond donors (Lipinski definition) is 2. The normalized spacial score (nSPS) is 17.0. The van der Waals surface area contributed by atoms with Crippen LogP contribution in [0.25, 0.3) is 0 Å². The van der Waals surface area contributed by atoms with Crippen LogP contribution in [0.1, 0.15) is 38.2 Å². The molecule has 2 rings (SSSR count). The van der Waals surface area contributed by atoms with Crippen LogP contribution in [0, 0.1) is 12.8 Å². The van der Waals surface area contributed by atoms with Crippen LogP contribution in [0.15, 0.2) is 24.3 Å². The van der Waals surface area contributed by atoms with Crippen molar-refractivity contribution in [1.82, 2.24) is 10.6 Å². The lowest BCUT2D eigenvalue weighted by Gasteiger charge is -2.22. The van der Waals surface area contributed by atoms with Gasteiger partial charge in [-0.05, 0) is 63.7 Å². The van der Waals surface area contributed by atoms with E-state index in [1.54, 1.807) is 0 Å². The van der Waals surface area contributed by atoms with Crippen molar-refractivity contribution < 1.29 is 9.53 Å². The van der Waals surface area contributed by atoms with E-state index in [1.165, 1.54) is 12.8 Å². The zero-order valence-corrected chi connectivity index (χ0v) is 13.7. The topological polar surface area (TPSA) is 50.4 Å². The molecule has 0 bridgehead atoms. The monoisotopic (exact) mass is 304 g/mol. The Balaban J connectivity index is 1.64. The molecule has 122 valence electrons. The van der Waals surface area contributed by atoms with Gasteiger partial charge in [0, 0.05) is 6.42 Å². The van der Waals surface area contributed by atoms with Gasteiger partial charge in [0.25, 0.3) is 0 Å². The van der Waals surface area contributed by atoms with Crippen molar-refractivity contribution in [2.24, 2.45) is 5.92 Å². The third-order valence-corrected chi connectivity index (χ3v) is 4.23. The van der Waals surface area contributed by atoms with Crippen molar-refractivity contribution in [3.05, 3.63) is 29.8 Å². The zero-order valence-electron chi connectivity index (χ0n) is 13.7. The first-order valence-corrected chi connectivity index (χ1v) is 8.33. The number of carbonyl (C=O) groups is 1. The van der Waals surface area contributed by atoms with Crippen LogP contribution in [0.5, 0.6) is 5.75 Å². The fourth-order valence-corrected chi connectivity index (χ4v) is 2.83. The molecule has 1 saturated heterocycles. The second-order valence-electron chi connectivity index (χ2n) is 6.28. The third-order valence-electron chi connectivity index (χ3n) is 4.23. The molecule has 1 aromatic rings. The van der Waals surface area contributed by atoms with Crippen molar-refractivity contribution in [1.29, 1.82) is 0 Å². The average Bonchev–Trinajstić information content (AvgIpc) is 2.53. The number of rotatable bonds is 7. The van der Waals surface area contributed by atoms with Crippen LogP contribution in [0.3, 0.4) is 0 Å². The summed E-state index contributed by atoms with van der Waals surface area (Å²) in [6.07, 6.45) is 4.01. The Morgan fingerprint density at radius 2 is 2.09 bits per heavy atom. The number of nitrogens with one attached hydrogen (secondary N) is 2. The van der Waals surface area contributed by atoms with E-state index in [2.05, 4.69) is 10.6 Å². The molecular formula is C18H28N2O2. The smallest absolute Gasteiger partial charge is 0.220 e. The standard InChI is InChI=1S/C18H28N2O2/c1-14-5-3-4-6-17(14)22-13-15(2)20-18(21)8-7-16-9-11-19-12-10-16/h3-6,15-16,19H,7-13H2,1-2H3,(H,20,21)/t15-/m1/s1. The van der Waals surface area contributed by atoms with Crippen LogP contribution in [0.4, 0.5) is 0 Å². The van der Waals surface area contributed by atoms with Gasteiger partial charge in [0.2, 0.25) is 5.91 Å². The molecule has 0 aliphatic carbocycles. The molecule has 1 aliphatic rings. The molecule has 1 fully saturated rings. The number of benzene rings is 1. The summed E-state index contributed by atoms with van der Waals surface area (Å²) in [5, 5.41) is 6.38. The maximum Gasteiger partial charge on any atom is 0.220 e. The molecule has 1 heterocycles. The Kier molecular flexibility index (Phi) is 6.72. The van der Waals surface area contributed by atoms with Crippen LogP contribution in [-0.2, 0) is 4.79 Å². The number of hydrogen-bond acceptors (Lipinski definition) is 3. The van der Waals surface area contributed by atoms with E-state index in [1.807, 2.05) is 38.1 Å². The van der Waals surface area contributed by atoms with Crippen molar-refractivity contribution in [2.45, 2.75) is 45.6 Å². The van der Waals surface area contributed by atoms with Gasteiger partial charge < -0.3 is 15.4 Å². The summed E-state index contributed by atoms with van der Waals surface area (Å²) in [7, 11) is 0. The third kappa shape index (κ3) is 5.68. The van der Waals surface area contributed by atoms with Crippen LogP contribution < -0.4 is 15.4 Å². The van der Waals surface area contributed by atoms with Crippen molar-refractivity contribution in [3.8, 4) is 5.75 Å².